The first kappa shape index (κ1) is 22.4. The van der Waals surface area contributed by atoms with Gasteiger partial charge in [-0.25, -0.2) is 4.79 Å². The Bertz CT molecular complexity index is 442. The summed E-state index contributed by atoms with van der Waals surface area (Å²) in [6, 6.07) is -0.219. The van der Waals surface area contributed by atoms with Crippen LogP contribution in [-0.2, 0) is 18.6 Å². The van der Waals surface area contributed by atoms with Crippen LogP contribution in [0.5, 0.6) is 0 Å². The molecule has 25 heavy (non-hydrogen) atoms. The van der Waals surface area contributed by atoms with Crippen molar-refractivity contribution < 1.29 is 23.4 Å². The van der Waals surface area contributed by atoms with Gasteiger partial charge in [-0.2, -0.15) is 0 Å². The minimum absolute atomic E-state index is 0.0178. The highest BCUT2D eigenvalue weighted by molar-refractivity contribution is 6.74. The zero-order valence-electron chi connectivity index (χ0n) is 17.4. The van der Waals surface area contributed by atoms with E-state index in [1.54, 1.807) is 7.11 Å². The minimum Gasteiger partial charge on any atom is -0.444 e. The van der Waals surface area contributed by atoms with Crippen LogP contribution in [0.25, 0.3) is 0 Å². The van der Waals surface area contributed by atoms with Crippen molar-refractivity contribution in [3.63, 3.8) is 0 Å². The molecule has 1 amide bonds. The molecule has 1 rings (SSSR count). The second-order valence-electron chi connectivity index (χ2n) is 9.29. The number of carbonyl (C=O) groups excluding carboxylic acids is 1. The zero-order chi connectivity index (χ0) is 19.5. The molecule has 3 atom stereocenters. The fourth-order valence-electron chi connectivity index (χ4n) is 2.33. The summed E-state index contributed by atoms with van der Waals surface area (Å²) in [5, 5.41) is 3.02. The molecule has 6 nitrogen and oxygen atoms in total. The van der Waals surface area contributed by atoms with Crippen molar-refractivity contribution in [1.82, 2.24) is 5.32 Å². The normalized spacial score (nSPS) is 25.6. The molecule has 1 saturated heterocycles. The summed E-state index contributed by atoms with van der Waals surface area (Å²) in [6.07, 6.45) is 0.107. The molecule has 7 heteroatoms. The van der Waals surface area contributed by atoms with Crippen molar-refractivity contribution >= 4 is 14.4 Å². The van der Waals surface area contributed by atoms with Crippen LogP contribution in [0.2, 0.25) is 18.1 Å². The van der Waals surface area contributed by atoms with Crippen LogP contribution in [0.1, 0.15) is 48.0 Å². The summed E-state index contributed by atoms with van der Waals surface area (Å²) in [5.74, 6) is 0. The van der Waals surface area contributed by atoms with Crippen LogP contribution in [0, 0.1) is 0 Å². The van der Waals surface area contributed by atoms with Gasteiger partial charge in [0.05, 0.1) is 31.5 Å². The molecular formula is C18H37NO5Si. The smallest absolute Gasteiger partial charge is 0.408 e. The van der Waals surface area contributed by atoms with E-state index in [1.165, 1.54) is 0 Å². The van der Waals surface area contributed by atoms with Gasteiger partial charge in [-0.3, -0.25) is 0 Å². The molecule has 0 unspecified atom stereocenters. The van der Waals surface area contributed by atoms with E-state index < -0.39 is 20.0 Å². The number of rotatable bonds is 5. The third-order valence-corrected chi connectivity index (χ3v) is 9.40. The van der Waals surface area contributed by atoms with E-state index in [0.717, 1.165) is 0 Å². The number of methoxy groups -OCH3 is 1. The van der Waals surface area contributed by atoms with Crippen molar-refractivity contribution in [1.29, 1.82) is 0 Å². The summed E-state index contributed by atoms with van der Waals surface area (Å²) in [4.78, 5) is 12.0. The van der Waals surface area contributed by atoms with Crippen LogP contribution >= 0.6 is 0 Å². The van der Waals surface area contributed by atoms with Crippen molar-refractivity contribution in [3.05, 3.63) is 0 Å². The van der Waals surface area contributed by atoms with Crippen LogP contribution in [0.4, 0.5) is 4.79 Å². The lowest BCUT2D eigenvalue weighted by Crippen LogP contribution is -2.54. The molecule has 0 radical (unpaired) electrons. The van der Waals surface area contributed by atoms with Crippen LogP contribution in [0.3, 0.4) is 0 Å². The van der Waals surface area contributed by atoms with Crippen molar-refractivity contribution in [2.24, 2.45) is 0 Å². The second-order valence-corrected chi connectivity index (χ2v) is 14.1. The highest BCUT2D eigenvalue weighted by Crippen LogP contribution is 2.37. The topological polar surface area (TPSA) is 66.0 Å². The molecule has 1 fully saturated rings. The Kier molecular flexibility index (Phi) is 7.50. The molecule has 1 N–H and O–H groups in total. The lowest BCUT2D eigenvalue weighted by molar-refractivity contribution is -0.0934. The Hall–Kier alpha value is -0.633. The van der Waals surface area contributed by atoms with E-state index in [2.05, 4.69) is 39.2 Å². The molecule has 148 valence electrons. The van der Waals surface area contributed by atoms with E-state index in [1.807, 2.05) is 20.8 Å². The summed E-state index contributed by atoms with van der Waals surface area (Å²) >= 11 is 0. The van der Waals surface area contributed by atoms with Gasteiger partial charge in [-0.1, -0.05) is 20.8 Å². The standard InChI is InChI=1S/C18H37NO5Si/c1-17(2,3)24-16(20)19-14-12-22-13(10-15(14)21-7)11-23-25(8,9)18(4,5)6/h13-15H,10-12H2,1-9H3,(H,19,20)/t13-,14-,15+/m0/s1. The van der Waals surface area contributed by atoms with Crippen LogP contribution in [-0.4, -0.2) is 58.6 Å². The van der Waals surface area contributed by atoms with Gasteiger partial charge in [0, 0.05) is 13.5 Å². The Morgan fingerprint density at radius 3 is 2.28 bits per heavy atom. The van der Waals surface area contributed by atoms with Gasteiger partial charge in [-0.15, -0.1) is 0 Å². The number of hydrogen-bond acceptors (Lipinski definition) is 5. The maximum atomic E-state index is 12.0. The molecule has 0 aromatic heterocycles. The molecule has 0 saturated carbocycles. The number of ether oxygens (including phenoxy) is 3. The minimum atomic E-state index is -1.80. The predicted octanol–water partition coefficient (Wildman–Crippen LogP) is 3.71. The van der Waals surface area contributed by atoms with Gasteiger partial charge in [0.25, 0.3) is 0 Å². The largest absolute Gasteiger partial charge is 0.444 e. The first-order chi connectivity index (χ1) is 11.2. The van der Waals surface area contributed by atoms with E-state index in [9.17, 15) is 4.79 Å². The molecular weight excluding hydrogens is 338 g/mol. The Balaban J connectivity index is 2.54. The van der Waals surface area contributed by atoms with Gasteiger partial charge < -0.3 is 24.0 Å². The lowest BCUT2D eigenvalue weighted by atomic mass is 10.0. The number of carbonyl (C=O) groups is 1. The second kappa shape index (κ2) is 8.37. The molecule has 1 aliphatic rings. The Labute approximate surface area is 154 Å². The average molecular weight is 376 g/mol. The van der Waals surface area contributed by atoms with Gasteiger partial charge in [0.1, 0.15) is 5.60 Å². The van der Waals surface area contributed by atoms with E-state index in [0.29, 0.717) is 19.6 Å². The lowest BCUT2D eigenvalue weighted by Gasteiger charge is -2.40. The first-order valence-corrected chi connectivity index (χ1v) is 11.9. The Morgan fingerprint density at radius 2 is 1.80 bits per heavy atom. The van der Waals surface area contributed by atoms with Gasteiger partial charge in [0.15, 0.2) is 8.32 Å². The third-order valence-electron chi connectivity index (χ3n) is 4.90. The molecule has 0 aromatic rings. The monoisotopic (exact) mass is 375 g/mol. The first-order valence-electron chi connectivity index (χ1n) is 9.03. The number of alkyl carbamates (subject to hydrolysis) is 1. The predicted molar refractivity (Wildman–Crippen MR) is 101 cm³/mol. The molecule has 1 heterocycles. The van der Waals surface area contributed by atoms with Crippen LogP contribution < -0.4 is 5.32 Å². The van der Waals surface area contributed by atoms with Crippen molar-refractivity contribution in [2.75, 3.05) is 20.3 Å². The van der Waals surface area contributed by atoms with E-state index in [4.69, 9.17) is 18.6 Å². The van der Waals surface area contributed by atoms with Crippen molar-refractivity contribution in [3.8, 4) is 0 Å². The molecule has 0 spiro atoms. The summed E-state index contributed by atoms with van der Waals surface area (Å²) < 4.78 is 23.0. The van der Waals surface area contributed by atoms with Gasteiger partial charge in [0.2, 0.25) is 0 Å². The summed E-state index contributed by atoms with van der Waals surface area (Å²) in [6.45, 7) is 17.6. The third kappa shape index (κ3) is 7.25. The highest BCUT2D eigenvalue weighted by Gasteiger charge is 2.39. The molecule has 0 aliphatic carbocycles. The number of nitrogens with one attached hydrogen (secondary N) is 1. The van der Waals surface area contributed by atoms with E-state index in [-0.39, 0.29) is 23.3 Å². The van der Waals surface area contributed by atoms with Gasteiger partial charge in [-0.05, 0) is 38.9 Å². The fraction of sp³-hybridized carbons (Fsp3) is 0.944. The van der Waals surface area contributed by atoms with E-state index >= 15 is 0 Å². The quantitative estimate of drug-likeness (QED) is 0.742. The average Bonchev–Trinajstić information content (AvgIpc) is 2.43. The van der Waals surface area contributed by atoms with Gasteiger partial charge >= 0.3 is 6.09 Å². The maximum Gasteiger partial charge on any atom is 0.408 e. The fourth-order valence-corrected chi connectivity index (χ4v) is 3.36. The SMILES string of the molecule is CO[C@@H]1C[C@@H](CO[Si](C)(C)C(C)(C)C)OC[C@@H]1NC(=O)OC(C)(C)C. The number of hydrogen-bond donors (Lipinski definition) is 1. The van der Waals surface area contributed by atoms with Crippen LogP contribution in [0.15, 0.2) is 0 Å². The molecule has 1 aliphatic heterocycles. The number of amides is 1. The molecule has 0 bridgehead atoms. The highest BCUT2D eigenvalue weighted by atomic mass is 28.4. The summed E-state index contributed by atoms with van der Waals surface area (Å²) in [5.41, 5.74) is -0.526. The maximum absolute atomic E-state index is 12.0. The van der Waals surface area contributed by atoms with Crippen molar-refractivity contribution in [2.45, 2.75) is 89.9 Å². The summed E-state index contributed by atoms with van der Waals surface area (Å²) in [7, 11) is -0.143. The molecule has 0 aromatic carbocycles. The Morgan fingerprint density at radius 1 is 1.20 bits per heavy atom. The zero-order valence-corrected chi connectivity index (χ0v) is 18.4.